The molecule has 0 saturated carbocycles. The number of likely N-dealkylation sites (N-methyl/N-ethyl adjacent to an activating group) is 1. The Balaban J connectivity index is 3.10. The van der Waals surface area contributed by atoms with Crippen LogP contribution in [-0.2, 0) is 0 Å². The number of hydrogen-bond donors (Lipinski definition) is 1. The van der Waals surface area contributed by atoms with E-state index in [0.717, 1.165) is 0 Å². The third kappa shape index (κ3) is 3.15. The van der Waals surface area contributed by atoms with Crippen LogP contribution in [-0.4, -0.2) is 13.2 Å². The fourth-order valence-corrected chi connectivity index (χ4v) is 1.52. The molecule has 1 aliphatic carbocycles. The molecule has 1 nitrogen and oxygen atoms in total. The minimum Gasteiger partial charge on any atom is -0.388 e. The fraction of sp³-hybridized carbons (Fsp3) is 0.455. The van der Waals surface area contributed by atoms with E-state index in [0.29, 0.717) is 12.1 Å². The molecule has 1 N–H and O–H groups in total. The largest absolute Gasteiger partial charge is 0.412 e. The number of allylic oxidation sites excluding steroid dienone is 5. The molecule has 84 valence electrons. The van der Waals surface area contributed by atoms with Gasteiger partial charge in [0.25, 0.3) is 0 Å². The summed E-state index contributed by atoms with van der Waals surface area (Å²) in [5, 5.41) is 2.85. The van der Waals surface area contributed by atoms with Gasteiger partial charge < -0.3 is 5.32 Å². The van der Waals surface area contributed by atoms with Crippen molar-refractivity contribution in [3.05, 3.63) is 35.1 Å². The summed E-state index contributed by atoms with van der Waals surface area (Å²) >= 11 is 0. The van der Waals surface area contributed by atoms with E-state index in [4.69, 9.17) is 0 Å². The average Bonchev–Trinajstić information content (AvgIpc) is 2.09. The predicted molar refractivity (Wildman–Crippen MR) is 54.3 cm³/mol. The van der Waals surface area contributed by atoms with Crippen molar-refractivity contribution >= 4 is 0 Å². The van der Waals surface area contributed by atoms with Crippen molar-refractivity contribution in [2.24, 2.45) is 0 Å². The first kappa shape index (κ1) is 11.9. The van der Waals surface area contributed by atoms with Crippen molar-refractivity contribution < 1.29 is 13.2 Å². The zero-order valence-corrected chi connectivity index (χ0v) is 8.78. The molecule has 0 aliphatic heterocycles. The van der Waals surface area contributed by atoms with Crippen molar-refractivity contribution in [2.45, 2.75) is 25.9 Å². The summed E-state index contributed by atoms with van der Waals surface area (Å²) in [6.07, 6.45) is 1.34. The monoisotopic (exact) mass is 217 g/mol. The van der Waals surface area contributed by atoms with E-state index in [-0.39, 0.29) is 12.0 Å². The lowest BCUT2D eigenvalue weighted by molar-refractivity contribution is -0.0945. The minimum absolute atomic E-state index is 0.0549. The Kier molecular flexibility index (Phi) is 3.61. The van der Waals surface area contributed by atoms with Gasteiger partial charge in [0.1, 0.15) is 0 Å². The van der Waals surface area contributed by atoms with Crippen molar-refractivity contribution in [1.29, 1.82) is 0 Å². The molecule has 0 aromatic carbocycles. The van der Waals surface area contributed by atoms with Crippen molar-refractivity contribution in [1.82, 2.24) is 5.32 Å². The van der Waals surface area contributed by atoms with Gasteiger partial charge in [-0.3, -0.25) is 0 Å². The smallest absolute Gasteiger partial charge is 0.388 e. The molecule has 0 radical (unpaired) electrons. The Morgan fingerprint density at radius 2 is 2.00 bits per heavy atom. The van der Waals surface area contributed by atoms with Crippen LogP contribution in [0.3, 0.4) is 0 Å². The van der Waals surface area contributed by atoms with Gasteiger partial charge in [0, 0.05) is 18.3 Å². The van der Waals surface area contributed by atoms with Gasteiger partial charge in [-0.1, -0.05) is 6.08 Å². The Bertz CT molecular complexity index is 321. The highest BCUT2D eigenvalue weighted by Gasteiger charge is 2.34. The molecular weight excluding hydrogens is 203 g/mol. The van der Waals surface area contributed by atoms with E-state index in [9.17, 15) is 13.2 Å². The molecule has 0 atom stereocenters. The molecular formula is C11H14F3N. The lowest BCUT2D eigenvalue weighted by atomic mass is 10.0. The summed E-state index contributed by atoms with van der Waals surface area (Å²) in [5.41, 5.74) is 0.560. The second kappa shape index (κ2) is 4.55. The summed E-state index contributed by atoms with van der Waals surface area (Å²) in [5.74, 6) is 0. The van der Waals surface area contributed by atoms with E-state index >= 15 is 0 Å². The molecule has 0 aromatic rings. The Labute approximate surface area is 87.4 Å². The normalized spacial score (nSPS) is 26.6. The van der Waals surface area contributed by atoms with E-state index in [1.807, 2.05) is 0 Å². The highest BCUT2D eigenvalue weighted by molar-refractivity contribution is 5.35. The summed E-state index contributed by atoms with van der Waals surface area (Å²) in [4.78, 5) is 0. The van der Waals surface area contributed by atoms with Gasteiger partial charge in [-0.15, -0.1) is 0 Å². The molecule has 15 heavy (non-hydrogen) atoms. The minimum atomic E-state index is -4.22. The summed E-state index contributed by atoms with van der Waals surface area (Å²) in [6.45, 7) is 1.50. The van der Waals surface area contributed by atoms with Crippen LogP contribution < -0.4 is 5.32 Å². The van der Waals surface area contributed by atoms with Crippen LogP contribution in [0.1, 0.15) is 19.8 Å². The lowest BCUT2D eigenvalue weighted by Crippen LogP contribution is -2.15. The van der Waals surface area contributed by atoms with Gasteiger partial charge in [0.05, 0.1) is 0 Å². The number of rotatable bonds is 1. The van der Waals surface area contributed by atoms with Crippen LogP contribution in [0.25, 0.3) is 0 Å². The second-order valence-corrected chi connectivity index (χ2v) is 3.45. The van der Waals surface area contributed by atoms with E-state index in [1.165, 1.54) is 13.0 Å². The van der Waals surface area contributed by atoms with Gasteiger partial charge >= 0.3 is 6.18 Å². The van der Waals surface area contributed by atoms with E-state index < -0.39 is 11.7 Å². The van der Waals surface area contributed by atoms with Gasteiger partial charge in [-0.25, -0.2) is 0 Å². The van der Waals surface area contributed by atoms with Crippen LogP contribution in [0.4, 0.5) is 13.2 Å². The highest BCUT2D eigenvalue weighted by Crippen LogP contribution is 2.33. The molecule has 4 heteroatoms. The zero-order chi connectivity index (χ0) is 11.5. The van der Waals surface area contributed by atoms with Crippen molar-refractivity contribution in [2.75, 3.05) is 7.05 Å². The van der Waals surface area contributed by atoms with Gasteiger partial charge in [0.2, 0.25) is 0 Å². The maximum absolute atomic E-state index is 12.6. The van der Waals surface area contributed by atoms with E-state index in [1.54, 1.807) is 19.2 Å². The Hall–Kier alpha value is -1.19. The first-order valence-corrected chi connectivity index (χ1v) is 4.78. The van der Waals surface area contributed by atoms with Crippen LogP contribution in [0.5, 0.6) is 0 Å². The number of alkyl halides is 3. The summed E-state index contributed by atoms with van der Waals surface area (Å²) in [7, 11) is 1.69. The van der Waals surface area contributed by atoms with Crippen molar-refractivity contribution in [3.8, 4) is 0 Å². The SMILES string of the molecule is CN/C1=C/C(C)=C(/C(F)(F)F)CCC=C1. The molecule has 0 unspecified atom stereocenters. The molecule has 0 bridgehead atoms. The number of hydrogen-bond acceptors (Lipinski definition) is 1. The third-order valence-corrected chi connectivity index (χ3v) is 2.34. The third-order valence-electron chi connectivity index (χ3n) is 2.34. The van der Waals surface area contributed by atoms with Gasteiger partial charge in [0.15, 0.2) is 0 Å². The second-order valence-electron chi connectivity index (χ2n) is 3.45. The van der Waals surface area contributed by atoms with Gasteiger partial charge in [-0.05, 0) is 37.5 Å². The highest BCUT2D eigenvalue weighted by atomic mass is 19.4. The average molecular weight is 217 g/mol. The van der Waals surface area contributed by atoms with Crippen LogP contribution in [0.2, 0.25) is 0 Å². The Morgan fingerprint density at radius 3 is 2.53 bits per heavy atom. The zero-order valence-electron chi connectivity index (χ0n) is 8.78. The molecule has 0 aromatic heterocycles. The topological polar surface area (TPSA) is 12.0 Å². The molecule has 0 spiro atoms. The fourth-order valence-electron chi connectivity index (χ4n) is 1.52. The number of nitrogens with one attached hydrogen (secondary N) is 1. The predicted octanol–water partition coefficient (Wildman–Crippen LogP) is 3.32. The molecule has 0 fully saturated rings. The van der Waals surface area contributed by atoms with Crippen LogP contribution in [0, 0.1) is 0 Å². The van der Waals surface area contributed by atoms with Gasteiger partial charge in [-0.2, -0.15) is 13.2 Å². The molecule has 0 saturated heterocycles. The first-order valence-electron chi connectivity index (χ1n) is 4.78. The molecule has 0 amide bonds. The summed E-state index contributed by atoms with van der Waals surface area (Å²) in [6, 6.07) is 0. The maximum atomic E-state index is 12.6. The quantitative estimate of drug-likeness (QED) is 0.710. The van der Waals surface area contributed by atoms with E-state index in [2.05, 4.69) is 5.32 Å². The molecule has 0 heterocycles. The number of halogens is 3. The van der Waals surface area contributed by atoms with Crippen molar-refractivity contribution in [3.63, 3.8) is 0 Å². The standard InChI is InChI=1S/C11H14F3N/c1-8-7-9(15-2)5-3-4-6-10(8)11(12,13)14/h3,5,7,15H,4,6H2,1-2H3/b5-3?,9-7+,10-8+. The molecule has 1 rings (SSSR count). The van der Waals surface area contributed by atoms with Crippen LogP contribution >= 0.6 is 0 Å². The maximum Gasteiger partial charge on any atom is 0.412 e. The lowest BCUT2D eigenvalue weighted by Gasteiger charge is -2.15. The Morgan fingerprint density at radius 1 is 1.33 bits per heavy atom. The first-order chi connectivity index (χ1) is 6.95. The molecule has 1 aliphatic rings. The summed E-state index contributed by atoms with van der Waals surface area (Å²) < 4.78 is 37.8. The van der Waals surface area contributed by atoms with Crippen LogP contribution in [0.15, 0.2) is 35.1 Å².